The summed E-state index contributed by atoms with van der Waals surface area (Å²) in [6.07, 6.45) is -0.805. The molecule has 1 heterocycles. The average Bonchev–Trinajstić information content (AvgIpc) is 3.29. The molecule has 0 amide bonds. The van der Waals surface area contributed by atoms with E-state index in [0.29, 0.717) is 13.0 Å². The van der Waals surface area contributed by atoms with Crippen LogP contribution >= 0.6 is 0 Å². The number of carbonyl (C=O) groups excluding carboxylic acids is 1. The van der Waals surface area contributed by atoms with Crippen molar-refractivity contribution in [1.29, 1.82) is 0 Å². The number of benzene rings is 1. The molecule has 3 atom stereocenters. The van der Waals surface area contributed by atoms with Gasteiger partial charge in [0.25, 0.3) is 0 Å². The molecule has 5 nitrogen and oxygen atoms in total. The number of methoxy groups -OCH3 is 2. The summed E-state index contributed by atoms with van der Waals surface area (Å²) in [5.41, 5.74) is 1.05. The van der Waals surface area contributed by atoms with Crippen LogP contribution in [0.25, 0.3) is 0 Å². The van der Waals surface area contributed by atoms with Gasteiger partial charge in [0.2, 0.25) is 0 Å². The summed E-state index contributed by atoms with van der Waals surface area (Å²) >= 11 is 0. The van der Waals surface area contributed by atoms with E-state index >= 15 is 0 Å². The smallest absolute Gasteiger partial charge is 0.192 e. The topological polar surface area (TPSA) is 57.3 Å². The lowest BCUT2D eigenvalue weighted by atomic mass is 10.1. The molecule has 0 saturated carbocycles. The van der Waals surface area contributed by atoms with E-state index in [1.165, 1.54) is 0 Å². The van der Waals surface area contributed by atoms with Crippen molar-refractivity contribution in [2.75, 3.05) is 14.2 Å². The SMILES string of the molecule is COC(C[C@H]1O[C@H]1C(=O)[C@@H](C)OCc1ccccc1)OC. The molecule has 21 heavy (non-hydrogen) atoms. The summed E-state index contributed by atoms with van der Waals surface area (Å²) in [4.78, 5) is 12.2. The van der Waals surface area contributed by atoms with Crippen LogP contribution in [0.5, 0.6) is 0 Å². The van der Waals surface area contributed by atoms with Gasteiger partial charge >= 0.3 is 0 Å². The molecule has 0 bridgehead atoms. The maximum Gasteiger partial charge on any atom is 0.192 e. The molecule has 0 radical (unpaired) electrons. The van der Waals surface area contributed by atoms with Gasteiger partial charge in [0.15, 0.2) is 12.1 Å². The van der Waals surface area contributed by atoms with Crippen LogP contribution in [0, 0.1) is 0 Å². The first-order valence-corrected chi connectivity index (χ1v) is 7.06. The minimum Gasteiger partial charge on any atom is -0.366 e. The summed E-state index contributed by atoms with van der Waals surface area (Å²) in [6.45, 7) is 2.18. The highest BCUT2D eigenvalue weighted by Crippen LogP contribution is 2.29. The first kappa shape index (κ1) is 16.1. The molecule has 116 valence electrons. The van der Waals surface area contributed by atoms with Gasteiger partial charge in [-0.3, -0.25) is 4.79 Å². The summed E-state index contributed by atoms with van der Waals surface area (Å²) in [6, 6.07) is 9.77. The van der Waals surface area contributed by atoms with Gasteiger partial charge in [-0.1, -0.05) is 30.3 Å². The second kappa shape index (κ2) is 7.66. The molecule has 1 fully saturated rings. The molecule has 0 aliphatic carbocycles. The quantitative estimate of drug-likeness (QED) is 0.514. The zero-order valence-electron chi connectivity index (χ0n) is 12.7. The number of Topliss-reactive ketones (excluding diaryl/α,β-unsaturated/α-hetero) is 1. The van der Waals surface area contributed by atoms with Crippen molar-refractivity contribution < 1.29 is 23.7 Å². The van der Waals surface area contributed by atoms with Crippen LogP contribution in [-0.2, 0) is 30.3 Å². The highest BCUT2D eigenvalue weighted by atomic mass is 16.7. The van der Waals surface area contributed by atoms with E-state index < -0.39 is 12.2 Å². The van der Waals surface area contributed by atoms with Crippen LogP contribution < -0.4 is 0 Å². The lowest BCUT2D eigenvalue weighted by Crippen LogP contribution is -2.27. The van der Waals surface area contributed by atoms with Gasteiger partial charge in [-0.25, -0.2) is 0 Å². The number of ketones is 1. The fourth-order valence-electron chi connectivity index (χ4n) is 2.16. The normalized spacial score (nSPS) is 22.3. The summed E-state index contributed by atoms with van der Waals surface area (Å²) in [5.74, 6) is -0.0260. The lowest BCUT2D eigenvalue weighted by molar-refractivity contribution is -0.131. The molecule has 1 saturated heterocycles. The van der Waals surface area contributed by atoms with Crippen LogP contribution in [0.2, 0.25) is 0 Å². The number of hydrogen-bond acceptors (Lipinski definition) is 5. The van der Waals surface area contributed by atoms with Crippen molar-refractivity contribution in [3.05, 3.63) is 35.9 Å². The number of epoxide rings is 1. The summed E-state index contributed by atoms with van der Waals surface area (Å²) < 4.78 is 21.2. The summed E-state index contributed by atoms with van der Waals surface area (Å²) in [7, 11) is 3.14. The van der Waals surface area contributed by atoms with Crippen LogP contribution in [0.3, 0.4) is 0 Å². The number of hydrogen-bond donors (Lipinski definition) is 0. The average molecular weight is 294 g/mol. The van der Waals surface area contributed by atoms with E-state index in [4.69, 9.17) is 18.9 Å². The number of carbonyl (C=O) groups is 1. The number of rotatable bonds is 9. The van der Waals surface area contributed by atoms with Crippen LogP contribution in [-0.4, -0.2) is 44.6 Å². The highest BCUT2D eigenvalue weighted by molar-refractivity contribution is 5.89. The molecule has 1 aliphatic heterocycles. The largest absolute Gasteiger partial charge is 0.366 e. The monoisotopic (exact) mass is 294 g/mol. The fourth-order valence-corrected chi connectivity index (χ4v) is 2.16. The predicted molar refractivity (Wildman–Crippen MR) is 76.8 cm³/mol. The molecular weight excluding hydrogens is 272 g/mol. The van der Waals surface area contributed by atoms with E-state index in [1.807, 2.05) is 30.3 Å². The van der Waals surface area contributed by atoms with Crippen molar-refractivity contribution in [2.45, 2.75) is 44.6 Å². The van der Waals surface area contributed by atoms with Crippen molar-refractivity contribution >= 4 is 5.78 Å². The summed E-state index contributed by atoms with van der Waals surface area (Å²) in [5, 5.41) is 0. The second-order valence-corrected chi connectivity index (χ2v) is 5.07. The molecule has 1 aliphatic rings. The molecule has 0 unspecified atom stereocenters. The number of ether oxygens (including phenoxy) is 4. The Morgan fingerprint density at radius 2 is 1.90 bits per heavy atom. The van der Waals surface area contributed by atoms with Crippen molar-refractivity contribution in [3.63, 3.8) is 0 Å². The van der Waals surface area contributed by atoms with Gasteiger partial charge in [-0.2, -0.15) is 0 Å². The van der Waals surface area contributed by atoms with Gasteiger partial charge < -0.3 is 18.9 Å². The van der Waals surface area contributed by atoms with Gasteiger partial charge in [0.1, 0.15) is 12.2 Å². The lowest BCUT2D eigenvalue weighted by Gasteiger charge is -2.12. The van der Waals surface area contributed by atoms with Gasteiger partial charge in [0, 0.05) is 20.6 Å². The predicted octanol–water partition coefficient (Wildman–Crippen LogP) is 1.94. The maximum atomic E-state index is 12.2. The van der Waals surface area contributed by atoms with E-state index in [-0.39, 0.29) is 18.2 Å². The third kappa shape index (κ3) is 4.61. The molecule has 0 spiro atoms. The van der Waals surface area contributed by atoms with Crippen LogP contribution in [0.4, 0.5) is 0 Å². The Bertz CT molecular complexity index is 443. The zero-order chi connectivity index (χ0) is 15.2. The standard InChI is InChI=1S/C16H22O5/c1-11(20-10-12-7-5-4-6-8-12)15(17)16-13(21-16)9-14(18-2)19-3/h4-8,11,13-14,16H,9-10H2,1-3H3/t11-,13-,16-/m1/s1. The molecular formula is C16H22O5. The van der Waals surface area contributed by atoms with Crippen LogP contribution in [0.15, 0.2) is 30.3 Å². The molecule has 2 rings (SSSR count). The Balaban J connectivity index is 1.74. The minimum absolute atomic E-state index is 0.0260. The first-order chi connectivity index (χ1) is 10.2. The van der Waals surface area contributed by atoms with E-state index in [1.54, 1.807) is 21.1 Å². The molecule has 0 N–H and O–H groups in total. The minimum atomic E-state index is -0.483. The van der Waals surface area contributed by atoms with Crippen LogP contribution in [0.1, 0.15) is 18.9 Å². The Morgan fingerprint density at radius 1 is 1.24 bits per heavy atom. The molecule has 1 aromatic carbocycles. The fraction of sp³-hybridized carbons (Fsp3) is 0.562. The molecule has 1 aromatic rings. The van der Waals surface area contributed by atoms with Crippen molar-refractivity contribution in [3.8, 4) is 0 Å². The van der Waals surface area contributed by atoms with E-state index in [9.17, 15) is 4.79 Å². The zero-order valence-corrected chi connectivity index (χ0v) is 12.7. The van der Waals surface area contributed by atoms with Crippen molar-refractivity contribution in [2.24, 2.45) is 0 Å². The van der Waals surface area contributed by atoms with Gasteiger partial charge in [-0.05, 0) is 12.5 Å². The Kier molecular flexibility index (Phi) is 5.87. The van der Waals surface area contributed by atoms with Gasteiger partial charge in [-0.15, -0.1) is 0 Å². The molecule has 0 aromatic heterocycles. The molecule has 5 heteroatoms. The Morgan fingerprint density at radius 3 is 2.52 bits per heavy atom. The van der Waals surface area contributed by atoms with E-state index in [2.05, 4.69) is 0 Å². The van der Waals surface area contributed by atoms with E-state index in [0.717, 1.165) is 5.56 Å². The second-order valence-electron chi connectivity index (χ2n) is 5.07. The van der Waals surface area contributed by atoms with Gasteiger partial charge in [0.05, 0.1) is 12.7 Å². The third-order valence-electron chi connectivity index (χ3n) is 3.56. The third-order valence-corrected chi connectivity index (χ3v) is 3.56. The van der Waals surface area contributed by atoms with Crippen molar-refractivity contribution in [1.82, 2.24) is 0 Å². The first-order valence-electron chi connectivity index (χ1n) is 7.06. The Labute approximate surface area is 125 Å². The highest BCUT2D eigenvalue weighted by Gasteiger charge is 2.47. The maximum absolute atomic E-state index is 12.2. The Hall–Kier alpha value is -1.27.